The molecule has 0 spiro atoms. The van der Waals surface area contributed by atoms with Crippen LogP contribution >= 0.6 is 11.3 Å². The summed E-state index contributed by atoms with van der Waals surface area (Å²) in [5.74, 6) is 0.923. The molecule has 0 bridgehead atoms. The Balaban J connectivity index is 1.22. The lowest BCUT2D eigenvalue weighted by Crippen LogP contribution is -2.48. The van der Waals surface area contributed by atoms with Crippen LogP contribution in [0.4, 0.5) is 0 Å². The molecule has 0 aliphatic carbocycles. The van der Waals surface area contributed by atoms with Crippen LogP contribution in [-0.2, 0) is 27.8 Å². The maximum Gasteiger partial charge on any atom is 0.240 e. The number of hydrogen-bond acceptors (Lipinski definition) is 8. The van der Waals surface area contributed by atoms with E-state index in [-0.39, 0.29) is 23.8 Å². The fourth-order valence-corrected chi connectivity index (χ4v) is 5.60. The zero-order chi connectivity index (χ0) is 23.3. The SMILES string of the molecule is CCc1nc(CN2CCN(C(=O)CCNS(=O)(=O)c3ccc4c(c3)OCCCO4)CC2)cs1. The van der Waals surface area contributed by atoms with Gasteiger partial charge in [0.05, 0.1) is 28.8 Å². The Bertz CT molecular complexity index is 1060. The van der Waals surface area contributed by atoms with Crippen LogP contribution in [0.1, 0.15) is 30.5 Å². The first-order valence-corrected chi connectivity index (χ1v) is 13.6. The Morgan fingerprint density at radius 3 is 2.64 bits per heavy atom. The van der Waals surface area contributed by atoms with E-state index >= 15 is 0 Å². The van der Waals surface area contributed by atoms with Crippen LogP contribution in [0.15, 0.2) is 28.5 Å². The third kappa shape index (κ3) is 6.23. The number of rotatable bonds is 8. The van der Waals surface area contributed by atoms with Crippen molar-refractivity contribution in [3.05, 3.63) is 34.3 Å². The zero-order valence-corrected chi connectivity index (χ0v) is 20.4. The van der Waals surface area contributed by atoms with E-state index in [4.69, 9.17) is 9.47 Å². The Kier molecular flexibility index (Phi) is 7.84. The zero-order valence-electron chi connectivity index (χ0n) is 18.8. The van der Waals surface area contributed by atoms with Crippen molar-refractivity contribution in [2.75, 3.05) is 45.9 Å². The minimum Gasteiger partial charge on any atom is -0.490 e. The number of nitrogens with zero attached hydrogens (tertiary/aromatic N) is 3. The van der Waals surface area contributed by atoms with Gasteiger partial charge in [0, 0.05) is 63.6 Å². The van der Waals surface area contributed by atoms with E-state index in [1.54, 1.807) is 22.3 Å². The molecule has 180 valence electrons. The molecular formula is C22H30N4O5S2. The summed E-state index contributed by atoms with van der Waals surface area (Å²) in [6.07, 6.45) is 1.82. The van der Waals surface area contributed by atoms with Crippen molar-refractivity contribution in [1.82, 2.24) is 19.5 Å². The van der Waals surface area contributed by atoms with E-state index in [0.717, 1.165) is 43.2 Å². The molecular weight excluding hydrogens is 464 g/mol. The number of sulfonamides is 1. The lowest BCUT2D eigenvalue weighted by Gasteiger charge is -2.34. The highest BCUT2D eigenvalue weighted by Crippen LogP contribution is 2.31. The molecule has 1 amide bonds. The fourth-order valence-electron chi connectivity index (χ4n) is 3.81. The first-order valence-electron chi connectivity index (χ1n) is 11.3. The summed E-state index contributed by atoms with van der Waals surface area (Å²) < 4.78 is 39.0. The van der Waals surface area contributed by atoms with Crippen LogP contribution in [0.2, 0.25) is 0 Å². The van der Waals surface area contributed by atoms with E-state index in [2.05, 4.69) is 26.9 Å². The number of amides is 1. The third-order valence-corrected chi connectivity index (χ3v) is 8.17. The summed E-state index contributed by atoms with van der Waals surface area (Å²) in [5.41, 5.74) is 1.08. The van der Waals surface area contributed by atoms with Crippen molar-refractivity contribution in [1.29, 1.82) is 0 Å². The van der Waals surface area contributed by atoms with E-state index < -0.39 is 10.0 Å². The first kappa shape index (κ1) is 23.9. The second-order valence-electron chi connectivity index (χ2n) is 8.05. The van der Waals surface area contributed by atoms with Gasteiger partial charge >= 0.3 is 0 Å². The maximum atomic E-state index is 12.7. The number of hydrogen-bond donors (Lipinski definition) is 1. The number of aromatic nitrogens is 1. The molecule has 2 aliphatic heterocycles. The van der Waals surface area contributed by atoms with Gasteiger partial charge in [-0.25, -0.2) is 18.1 Å². The number of fused-ring (bicyclic) bond motifs is 1. The molecule has 2 aromatic rings. The average Bonchev–Trinajstić information content (AvgIpc) is 3.13. The highest BCUT2D eigenvalue weighted by Gasteiger charge is 2.23. The molecule has 1 aromatic carbocycles. The lowest BCUT2D eigenvalue weighted by atomic mass is 10.2. The molecule has 4 rings (SSSR count). The topological polar surface area (TPSA) is 101 Å². The highest BCUT2D eigenvalue weighted by atomic mass is 32.2. The molecule has 1 aromatic heterocycles. The number of carbonyl (C=O) groups excluding carboxylic acids is 1. The van der Waals surface area contributed by atoms with Gasteiger partial charge in [0.25, 0.3) is 0 Å². The van der Waals surface area contributed by atoms with E-state index in [1.807, 2.05) is 0 Å². The van der Waals surface area contributed by atoms with Gasteiger partial charge in [-0.2, -0.15) is 0 Å². The molecule has 0 unspecified atom stereocenters. The van der Waals surface area contributed by atoms with Gasteiger partial charge in [0.1, 0.15) is 0 Å². The minimum atomic E-state index is -3.75. The third-order valence-electron chi connectivity index (χ3n) is 5.67. The van der Waals surface area contributed by atoms with Crippen molar-refractivity contribution in [2.45, 2.75) is 37.6 Å². The molecule has 3 heterocycles. The summed E-state index contributed by atoms with van der Waals surface area (Å²) in [7, 11) is -3.75. The van der Waals surface area contributed by atoms with Crippen LogP contribution < -0.4 is 14.2 Å². The smallest absolute Gasteiger partial charge is 0.240 e. The first-order chi connectivity index (χ1) is 15.9. The number of thiazole rings is 1. The molecule has 11 heteroatoms. The van der Waals surface area contributed by atoms with Gasteiger partial charge in [-0.15, -0.1) is 11.3 Å². The van der Waals surface area contributed by atoms with Crippen molar-refractivity contribution < 1.29 is 22.7 Å². The minimum absolute atomic E-state index is 0.0436. The second kappa shape index (κ2) is 10.8. The number of nitrogens with one attached hydrogen (secondary N) is 1. The Labute approximate surface area is 198 Å². The Hall–Kier alpha value is -2.21. The normalized spacial score (nSPS) is 17.1. The number of benzene rings is 1. The molecule has 33 heavy (non-hydrogen) atoms. The van der Waals surface area contributed by atoms with Crippen molar-refractivity contribution in [2.24, 2.45) is 0 Å². The molecule has 9 nitrogen and oxygen atoms in total. The average molecular weight is 495 g/mol. The van der Waals surface area contributed by atoms with Crippen molar-refractivity contribution in [3.63, 3.8) is 0 Å². The largest absolute Gasteiger partial charge is 0.490 e. The van der Waals surface area contributed by atoms with Crippen LogP contribution in [0.3, 0.4) is 0 Å². The van der Waals surface area contributed by atoms with Gasteiger partial charge in [-0.05, 0) is 18.6 Å². The van der Waals surface area contributed by atoms with Gasteiger partial charge in [-0.1, -0.05) is 6.92 Å². The fraction of sp³-hybridized carbons (Fsp3) is 0.545. The monoisotopic (exact) mass is 494 g/mol. The molecule has 2 aliphatic rings. The molecule has 1 N–H and O–H groups in total. The second-order valence-corrected chi connectivity index (χ2v) is 10.8. The van der Waals surface area contributed by atoms with Gasteiger partial charge < -0.3 is 14.4 Å². The van der Waals surface area contributed by atoms with E-state index in [1.165, 1.54) is 12.1 Å². The van der Waals surface area contributed by atoms with Gasteiger partial charge in [-0.3, -0.25) is 9.69 Å². The summed E-state index contributed by atoms with van der Waals surface area (Å²) >= 11 is 1.69. The Morgan fingerprint density at radius 2 is 1.91 bits per heavy atom. The standard InChI is InChI=1S/C22H30N4O5S2/c1-2-21-24-17(16-32-21)15-25-8-10-26(11-9-25)22(27)6-7-23-33(28,29)18-4-5-19-20(14-18)31-13-3-12-30-19/h4-5,14,16,23H,2-3,6-13,15H2,1H3. The highest BCUT2D eigenvalue weighted by molar-refractivity contribution is 7.89. The quantitative estimate of drug-likeness (QED) is 0.598. The molecule has 1 fully saturated rings. The molecule has 1 saturated heterocycles. The molecule has 0 atom stereocenters. The summed E-state index contributed by atoms with van der Waals surface area (Å²) in [4.78, 5) is 21.4. The van der Waals surface area contributed by atoms with E-state index in [0.29, 0.717) is 37.8 Å². The van der Waals surface area contributed by atoms with Crippen LogP contribution in [0.25, 0.3) is 0 Å². The van der Waals surface area contributed by atoms with Crippen molar-refractivity contribution in [3.8, 4) is 11.5 Å². The number of aryl methyl sites for hydroxylation is 1. The lowest BCUT2D eigenvalue weighted by molar-refractivity contribution is -0.132. The maximum absolute atomic E-state index is 12.7. The van der Waals surface area contributed by atoms with Crippen LogP contribution in [0.5, 0.6) is 11.5 Å². The van der Waals surface area contributed by atoms with Gasteiger partial charge in [0.2, 0.25) is 15.9 Å². The number of piperazine rings is 1. The van der Waals surface area contributed by atoms with Gasteiger partial charge in [0.15, 0.2) is 11.5 Å². The molecule has 0 radical (unpaired) electrons. The Morgan fingerprint density at radius 1 is 1.15 bits per heavy atom. The summed E-state index contributed by atoms with van der Waals surface area (Å²) in [6, 6.07) is 4.56. The van der Waals surface area contributed by atoms with Crippen LogP contribution in [-0.4, -0.2) is 75.0 Å². The number of carbonyl (C=O) groups is 1. The predicted molar refractivity (Wildman–Crippen MR) is 125 cm³/mol. The summed E-state index contributed by atoms with van der Waals surface area (Å²) in [6.45, 7) is 6.82. The molecule has 0 saturated carbocycles. The van der Waals surface area contributed by atoms with Crippen molar-refractivity contribution >= 4 is 27.3 Å². The summed E-state index contributed by atoms with van der Waals surface area (Å²) in [5, 5.41) is 3.25. The predicted octanol–water partition coefficient (Wildman–Crippen LogP) is 1.88. The van der Waals surface area contributed by atoms with E-state index in [9.17, 15) is 13.2 Å². The van der Waals surface area contributed by atoms with Crippen LogP contribution in [0, 0.1) is 0 Å². The number of ether oxygens (including phenoxy) is 2.